The second-order valence-electron chi connectivity index (χ2n) is 3.96. The van der Waals surface area contributed by atoms with Crippen molar-refractivity contribution in [3.63, 3.8) is 0 Å². The number of nitrogens with zero attached hydrogens (tertiary/aromatic N) is 1. The van der Waals surface area contributed by atoms with Gasteiger partial charge in [0.1, 0.15) is 23.1 Å². The molecule has 0 aliphatic carbocycles. The molecule has 0 fully saturated rings. The topological polar surface area (TPSA) is 59.0 Å². The maximum absolute atomic E-state index is 9.31. The second-order valence-corrected chi connectivity index (χ2v) is 5.67. The first kappa shape index (κ1) is 14.6. The van der Waals surface area contributed by atoms with E-state index in [0.717, 1.165) is 10.6 Å². The molecule has 3 nitrogen and oxygen atoms in total. The van der Waals surface area contributed by atoms with Crippen LogP contribution in [0.1, 0.15) is 12.5 Å². The van der Waals surface area contributed by atoms with Gasteiger partial charge in [0.2, 0.25) is 0 Å². The summed E-state index contributed by atoms with van der Waals surface area (Å²) in [7, 11) is 0. The molecule has 5 heteroatoms. The highest BCUT2D eigenvalue weighted by atomic mass is 35.5. The van der Waals surface area contributed by atoms with E-state index in [1.165, 1.54) is 0 Å². The van der Waals surface area contributed by atoms with Gasteiger partial charge in [-0.25, -0.2) is 0 Å². The smallest absolute Gasteiger partial charge is 0.146 e. The number of thioether (sulfide) groups is 1. The quantitative estimate of drug-likeness (QED) is 0.657. The molecule has 0 bridgehead atoms. The fourth-order valence-corrected chi connectivity index (χ4v) is 2.63. The number of benzene rings is 2. The summed E-state index contributed by atoms with van der Waals surface area (Å²) >= 11 is 7.57. The highest BCUT2D eigenvalue weighted by Crippen LogP contribution is 2.34. The van der Waals surface area contributed by atoms with Crippen molar-refractivity contribution in [1.29, 1.82) is 5.26 Å². The molecule has 102 valence electrons. The first-order valence-electron chi connectivity index (χ1n) is 6.04. The van der Waals surface area contributed by atoms with Gasteiger partial charge < -0.3 is 10.5 Å². The van der Waals surface area contributed by atoms with Crippen molar-refractivity contribution in [2.45, 2.75) is 11.8 Å². The van der Waals surface area contributed by atoms with Crippen molar-refractivity contribution >= 4 is 29.1 Å². The second kappa shape index (κ2) is 6.56. The molecular weight excluding hydrogens is 292 g/mol. The first-order valence-corrected chi connectivity index (χ1v) is 7.41. The summed E-state index contributed by atoms with van der Waals surface area (Å²) in [5.74, 6) is 1.97. The zero-order valence-corrected chi connectivity index (χ0v) is 12.5. The summed E-state index contributed by atoms with van der Waals surface area (Å²) in [6, 6.07) is 12.8. The molecule has 0 radical (unpaired) electrons. The summed E-state index contributed by atoms with van der Waals surface area (Å²) in [6.45, 7) is 2.04. The molecule has 0 aliphatic rings. The van der Waals surface area contributed by atoms with E-state index in [0.29, 0.717) is 27.8 Å². The minimum atomic E-state index is 0.431. The lowest BCUT2D eigenvalue weighted by molar-refractivity contribution is 0.479. The van der Waals surface area contributed by atoms with Gasteiger partial charge in [-0.3, -0.25) is 0 Å². The third-order valence-corrected chi connectivity index (χ3v) is 3.87. The van der Waals surface area contributed by atoms with Crippen LogP contribution in [-0.4, -0.2) is 5.75 Å². The molecule has 0 spiro atoms. The monoisotopic (exact) mass is 304 g/mol. The molecule has 0 heterocycles. The zero-order valence-electron chi connectivity index (χ0n) is 10.9. The first-order chi connectivity index (χ1) is 9.65. The standard InChI is InChI=1S/C15H13ClN2OS/c1-2-20-15-5-3-4-14(11(15)9-17)19-10-6-7-13(18)12(16)8-10/h3-8H,2,18H2,1H3. The lowest BCUT2D eigenvalue weighted by atomic mass is 10.2. The Morgan fingerprint density at radius 2 is 2.15 bits per heavy atom. The Morgan fingerprint density at radius 3 is 2.80 bits per heavy atom. The number of hydrogen-bond donors (Lipinski definition) is 1. The predicted octanol–water partition coefficient (Wildman–Crippen LogP) is 4.70. The van der Waals surface area contributed by atoms with Gasteiger partial charge in [0.05, 0.1) is 10.7 Å². The van der Waals surface area contributed by atoms with Crippen molar-refractivity contribution < 1.29 is 4.74 Å². The summed E-state index contributed by atoms with van der Waals surface area (Å²) in [4.78, 5) is 0.911. The predicted molar refractivity (Wildman–Crippen MR) is 83.5 cm³/mol. The van der Waals surface area contributed by atoms with E-state index in [1.54, 1.807) is 36.0 Å². The SMILES string of the molecule is CCSc1cccc(Oc2ccc(N)c(Cl)c2)c1C#N. The van der Waals surface area contributed by atoms with Gasteiger partial charge in [-0.05, 0) is 30.0 Å². The van der Waals surface area contributed by atoms with E-state index in [2.05, 4.69) is 6.07 Å². The summed E-state index contributed by atoms with van der Waals surface area (Å²) < 4.78 is 5.75. The van der Waals surface area contributed by atoms with Crippen LogP contribution in [0, 0.1) is 11.3 Å². The molecular formula is C15H13ClN2OS. The average molecular weight is 305 g/mol. The van der Waals surface area contributed by atoms with E-state index in [9.17, 15) is 5.26 Å². The third kappa shape index (κ3) is 3.19. The van der Waals surface area contributed by atoms with E-state index in [1.807, 2.05) is 19.1 Å². The van der Waals surface area contributed by atoms with Crippen molar-refractivity contribution in [2.75, 3.05) is 11.5 Å². The Bertz CT molecular complexity index is 667. The molecule has 0 saturated carbocycles. The molecule has 0 amide bonds. The van der Waals surface area contributed by atoms with E-state index in [4.69, 9.17) is 22.1 Å². The maximum Gasteiger partial charge on any atom is 0.146 e. The normalized spacial score (nSPS) is 10.1. The van der Waals surface area contributed by atoms with Crippen LogP contribution in [0.15, 0.2) is 41.3 Å². The van der Waals surface area contributed by atoms with Crippen LogP contribution in [0.4, 0.5) is 5.69 Å². The van der Waals surface area contributed by atoms with Crippen LogP contribution in [0.2, 0.25) is 5.02 Å². The Morgan fingerprint density at radius 1 is 1.35 bits per heavy atom. The zero-order chi connectivity index (χ0) is 14.5. The van der Waals surface area contributed by atoms with Crippen molar-refractivity contribution in [3.8, 4) is 17.6 Å². The van der Waals surface area contributed by atoms with Gasteiger partial charge in [-0.15, -0.1) is 11.8 Å². The van der Waals surface area contributed by atoms with Crippen LogP contribution >= 0.6 is 23.4 Å². The van der Waals surface area contributed by atoms with Crippen molar-refractivity contribution in [1.82, 2.24) is 0 Å². The lowest BCUT2D eigenvalue weighted by Gasteiger charge is -2.11. The number of halogens is 1. The number of nitrogens with two attached hydrogens (primary N) is 1. The van der Waals surface area contributed by atoms with Gasteiger partial charge in [0, 0.05) is 11.0 Å². The van der Waals surface area contributed by atoms with Gasteiger partial charge in [0.25, 0.3) is 0 Å². The number of nitrogen functional groups attached to an aromatic ring is 1. The van der Waals surface area contributed by atoms with Gasteiger partial charge in [-0.2, -0.15) is 5.26 Å². The van der Waals surface area contributed by atoms with Crippen LogP contribution in [0.25, 0.3) is 0 Å². The fraction of sp³-hybridized carbons (Fsp3) is 0.133. The van der Waals surface area contributed by atoms with Gasteiger partial charge in [-0.1, -0.05) is 24.6 Å². The summed E-state index contributed by atoms with van der Waals surface area (Å²) in [5, 5.41) is 9.74. The van der Waals surface area contributed by atoms with E-state index >= 15 is 0 Å². The molecule has 0 saturated heterocycles. The molecule has 2 aromatic rings. The lowest BCUT2D eigenvalue weighted by Crippen LogP contribution is -1.92. The van der Waals surface area contributed by atoms with Crippen LogP contribution in [0.5, 0.6) is 11.5 Å². The Kier molecular flexibility index (Phi) is 4.78. The average Bonchev–Trinajstić information content (AvgIpc) is 2.44. The van der Waals surface area contributed by atoms with Crippen molar-refractivity contribution in [2.24, 2.45) is 0 Å². The van der Waals surface area contributed by atoms with Crippen molar-refractivity contribution in [3.05, 3.63) is 47.0 Å². The molecule has 0 atom stereocenters. The number of rotatable bonds is 4. The number of ether oxygens (including phenoxy) is 1. The van der Waals surface area contributed by atoms with Crippen LogP contribution < -0.4 is 10.5 Å². The summed E-state index contributed by atoms with van der Waals surface area (Å²) in [5.41, 5.74) is 6.69. The van der Waals surface area contributed by atoms with E-state index < -0.39 is 0 Å². The Balaban J connectivity index is 2.35. The van der Waals surface area contributed by atoms with E-state index in [-0.39, 0.29) is 0 Å². The molecule has 2 aromatic carbocycles. The maximum atomic E-state index is 9.31. The summed E-state index contributed by atoms with van der Waals surface area (Å²) in [6.07, 6.45) is 0. The minimum Gasteiger partial charge on any atom is -0.456 e. The highest BCUT2D eigenvalue weighted by molar-refractivity contribution is 7.99. The molecule has 2 N–H and O–H groups in total. The number of hydrogen-bond acceptors (Lipinski definition) is 4. The molecule has 0 aromatic heterocycles. The third-order valence-electron chi connectivity index (χ3n) is 2.60. The molecule has 2 rings (SSSR count). The Hall–Kier alpha value is -1.83. The fourth-order valence-electron chi connectivity index (χ4n) is 1.68. The largest absolute Gasteiger partial charge is 0.456 e. The van der Waals surface area contributed by atoms with Gasteiger partial charge in [0.15, 0.2) is 0 Å². The minimum absolute atomic E-state index is 0.431. The Labute approximate surface area is 127 Å². The molecule has 20 heavy (non-hydrogen) atoms. The highest BCUT2D eigenvalue weighted by Gasteiger charge is 2.10. The van der Waals surface area contributed by atoms with Crippen LogP contribution in [-0.2, 0) is 0 Å². The number of nitriles is 1. The molecule has 0 aliphatic heterocycles. The molecule has 0 unspecified atom stereocenters. The van der Waals surface area contributed by atoms with Crippen LogP contribution in [0.3, 0.4) is 0 Å². The van der Waals surface area contributed by atoms with Gasteiger partial charge >= 0.3 is 0 Å². The number of anilines is 1.